The number of nitrogens with one attached hydrogen (secondary N) is 1. The number of nitrogens with zero attached hydrogens (tertiary/aromatic N) is 4. The van der Waals surface area contributed by atoms with Gasteiger partial charge in [-0.3, -0.25) is 9.69 Å². The fourth-order valence-corrected chi connectivity index (χ4v) is 4.70. The van der Waals surface area contributed by atoms with Crippen molar-refractivity contribution in [2.24, 2.45) is 0 Å². The van der Waals surface area contributed by atoms with E-state index < -0.39 is 0 Å². The lowest BCUT2D eigenvalue weighted by Gasteiger charge is -2.30. The normalized spacial score (nSPS) is 15.2. The molecule has 1 N–H and O–H groups in total. The number of benzene rings is 2. The topological polar surface area (TPSA) is 97.1 Å². The number of tetrazole rings is 1. The molecule has 2 aromatic carbocycles. The van der Waals surface area contributed by atoms with Crippen LogP contribution < -0.4 is 10.2 Å². The Bertz CT molecular complexity index is 1320. The number of fused-ring (bicyclic) bond motifs is 1. The predicted octanol–water partition coefficient (Wildman–Crippen LogP) is 4.65. The van der Waals surface area contributed by atoms with Crippen LogP contribution in [0.15, 0.2) is 56.1 Å². The van der Waals surface area contributed by atoms with Gasteiger partial charge < -0.3 is 9.15 Å². The molecule has 4 aromatic rings. The molecule has 0 bridgehead atoms. The van der Waals surface area contributed by atoms with Gasteiger partial charge in [-0.25, -0.2) is 5.10 Å². The first-order chi connectivity index (χ1) is 16.1. The van der Waals surface area contributed by atoms with Crippen molar-refractivity contribution in [2.45, 2.75) is 18.8 Å². The first-order valence-electron chi connectivity index (χ1n) is 10.7. The molecule has 0 radical (unpaired) electrons. The van der Waals surface area contributed by atoms with E-state index in [2.05, 4.69) is 41.5 Å². The summed E-state index contributed by atoms with van der Waals surface area (Å²) < 4.78 is 13.1. The Morgan fingerprint density at radius 3 is 2.85 bits per heavy atom. The average Bonchev–Trinajstić information content (AvgIpc) is 3.35. The number of rotatable bonds is 6. The second-order valence-corrected chi connectivity index (χ2v) is 9.31. The van der Waals surface area contributed by atoms with Crippen LogP contribution in [0.2, 0.25) is 5.02 Å². The fraction of sp³-hybridized carbons (Fsp3) is 0.304. The lowest BCUT2D eigenvalue weighted by atomic mass is 9.96. The van der Waals surface area contributed by atoms with E-state index in [0.29, 0.717) is 45.6 Å². The zero-order valence-corrected chi connectivity index (χ0v) is 20.0. The minimum absolute atomic E-state index is 0.146. The number of hydrogen-bond acceptors (Lipinski definition) is 7. The third-order valence-corrected chi connectivity index (χ3v) is 6.71. The lowest BCUT2D eigenvalue weighted by molar-refractivity contribution is 0.172. The molecule has 0 spiro atoms. The number of likely N-dealkylation sites (tertiary alicyclic amines) is 1. The average molecular weight is 531 g/mol. The molecule has 0 unspecified atom stereocenters. The highest BCUT2D eigenvalue weighted by Crippen LogP contribution is 2.35. The van der Waals surface area contributed by atoms with Crippen molar-refractivity contribution in [1.29, 1.82) is 0 Å². The summed E-state index contributed by atoms with van der Waals surface area (Å²) in [6.45, 7) is 3.22. The molecule has 2 aromatic heterocycles. The summed E-state index contributed by atoms with van der Waals surface area (Å²) in [4.78, 5) is 15.0. The number of aromatic nitrogens is 4. The Hall–Kier alpha value is -2.75. The van der Waals surface area contributed by atoms with Crippen molar-refractivity contribution in [3.05, 3.63) is 68.0 Å². The number of para-hydroxylation sites is 1. The number of aromatic amines is 1. The molecule has 1 fully saturated rings. The van der Waals surface area contributed by atoms with Gasteiger partial charge in [-0.1, -0.05) is 33.6 Å². The number of H-pyrrole nitrogens is 1. The van der Waals surface area contributed by atoms with Crippen molar-refractivity contribution >= 4 is 38.5 Å². The van der Waals surface area contributed by atoms with Crippen LogP contribution in [0.5, 0.6) is 5.75 Å². The third-order valence-electron chi connectivity index (χ3n) is 5.92. The Kier molecular flexibility index (Phi) is 6.43. The van der Waals surface area contributed by atoms with Gasteiger partial charge in [-0.05, 0) is 66.7 Å². The van der Waals surface area contributed by atoms with Gasteiger partial charge in [0.05, 0.1) is 16.0 Å². The van der Waals surface area contributed by atoms with E-state index in [9.17, 15) is 4.79 Å². The van der Waals surface area contributed by atoms with Crippen LogP contribution in [0.25, 0.3) is 22.3 Å². The molecule has 33 heavy (non-hydrogen) atoms. The molecule has 5 rings (SSSR count). The summed E-state index contributed by atoms with van der Waals surface area (Å²) in [7, 11) is 0. The molecule has 10 heteroatoms. The van der Waals surface area contributed by atoms with E-state index in [1.807, 2.05) is 18.2 Å². The number of ether oxygens (including phenoxy) is 1. The van der Waals surface area contributed by atoms with Gasteiger partial charge in [0, 0.05) is 23.0 Å². The molecule has 0 aliphatic carbocycles. The highest BCUT2D eigenvalue weighted by molar-refractivity contribution is 9.10. The van der Waals surface area contributed by atoms with E-state index in [1.54, 1.807) is 18.2 Å². The third kappa shape index (κ3) is 4.80. The number of piperidine rings is 1. The molecule has 1 aliphatic heterocycles. The summed E-state index contributed by atoms with van der Waals surface area (Å²) in [5.74, 6) is 2.30. The Morgan fingerprint density at radius 1 is 1.21 bits per heavy atom. The largest absolute Gasteiger partial charge is 0.491 e. The molecule has 8 nitrogen and oxygen atoms in total. The quantitative estimate of drug-likeness (QED) is 0.388. The SMILES string of the molecule is O=c1cc(-c2ccc(Br)cc2OCCN2CCC(c3nnn[nH]3)CC2)oc2c(Cl)cccc12. The molecular formula is C23H21BrClN5O3. The van der Waals surface area contributed by atoms with Crippen LogP contribution >= 0.6 is 27.5 Å². The van der Waals surface area contributed by atoms with Crippen molar-refractivity contribution in [1.82, 2.24) is 25.5 Å². The number of halogens is 2. The van der Waals surface area contributed by atoms with Crippen LogP contribution in [0.1, 0.15) is 24.6 Å². The maximum atomic E-state index is 12.6. The molecule has 3 heterocycles. The van der Waals surface area contributed by atoms with E-state index in [0.717, 1.165) is 42.8 Å². The first kappa shape index (κ1) is 22.1. The first-order valence-corrected chi connectivity index (χ1v) is 11.9. The number of hydrogen-bond donors (Lipinski definition) is 1. The van der Waals surface area contributed by atoms with Gasteiger partial charge in [-0.15, -0.1) is 5.10 Å². The molecule has 0 saturated carbocycles. The fourth-order valence-electron chi connectivity index (χ4n) is 4.15. The summed E-state index contributed by atoms with van der Waals surface area (Å²) in [5, 5.41) is 15.1. The summed E-state index contributed by atoms with van der Waals surface area (Å²) in [6.07, 6.45) is 2.00. The molecule has 0 amide bonds. The van der Waals surface area contributed by atoms with Gasteiger partial charge >= 0.3 is 0 Å². The minimum atomic E-state index is -0.146. The zero-order chi connectivity index (χ0) is 22.8. The van der Waals surface area contributed by atoms with E-state index in [1.165, 1.54) is 6.07 Å². The standard InChI is InChI=1S/C23H21BrClN5O3/c24-15-4-5-17(21-13-19(31)16-2-1-3-18(25)22(16)33-21)20(12-15)32-11-10-30-8-6-14(7-9-30)23-26-28-29-27-23/h1-5,12-14H,6-11H2,(H,26,27,28,29). The maximum absolute atomic E-state index is 12.6. The summed E-state index contributed by atoms with van der Waals surface area (Å²) in [6, 6.07) is 12.3. The maximum Gasteiger partial charge on any atom is 0.193 e. The highest BCUT2D eigenvalue weighted by Gasteiger charge is 2.23. The highest BCUT2D eigenvalue weighted by atomic mass is 79.9. The van der Waals surface area contributed by atoms with Crippen molar-refractivity contribution in [3.8, 4) is 17.1 Å². The van der Waals surface area contributed by atoms with Crippen LogP contribution in [0.3, 0.4) is 0 Å². The smallest absolute Gasteiger partial charge is 0.193 e. The van der Waals surface area contributed by atoms with Gasteiger partial charge in [0.25, 0.3) is 0 Å². The molecule has 1 saturated heterocycles. The molecular weight excluding hydrogens is 510 g/mol. The van der Waals surface area contributed by atoms with E-state index in [4.69, 9.17) is 20.8 Å². The second-order valence-electron chi connectivity index (χ2n) is 7.98. The van der Waals surface area contributed by atoms with Gasteiger partial charge in [0.1, 0.15) is 18.1 Å². The second kappa shape index (κ2) is 9.62. The van der Waals surface area contributed by atoms with Crippen LogP contribution in [-0.4, -0.2) is 51.8 Å². The van der Waals surface area contributed by atoms with E-state index in [-0.39, 0.29) is 5.43 Å². The lowest BCUT2D eigenvalue weighted by Crippen LogP contribution is -2.36. The van der Waals surface area contributed by atoms with E-state index >= 15 is 0 Å². The van der Waals surface area contributed by atoms with Crippen LogP contribution in [0.4, 0.5) is 0 Å². The molecule has 1 aliphatic rings. The minimum Gasteiger partial charge on any atom is -0.491 e. The Balaban J connectivity index is 1.29. The zero-order valence-electron chi connectivity index (χ0n) is 17.6. The van der Waals surface area contributed by atoms with Crippen LogP contribution in [-0.2, 0) is 0 Å². The Morgan fingerprint density at radius 2 is 2.06 bits per heavy atom. The van der Waals surface area contributed by atoms with Crippen LogP contribution in [0, 0.1) is 0 Å². The van der Waals surface area contributed by atoms with Crippen molar-refractivity contribution < 1.29 is 9.15 Å². The van der Waals surface area contributed by atoms with Gasteiger partial charge in [-0.2, -0.15) is 0 Å². The monoisotopic (exact) mass is 529 g/mol. The molecule has 0 atom stereocenters. The van der Waals surface area contributed by atoms with Crippen molar-refractivity contribution in [3.63, 3.8) is 0 Å². The van der Waals surface area contributed by atoms with Gasteiger partial charge in [0.15, 0.2) is 16.8 Å². The molecule has 170 valence electrons. The van der Waals surface area contributed by atoms with Crippen molar-refractivity contribution in [2.75, 3.05) is 26.2 Å². The summed E-state index contributed by atoms with van der Waals surface area (Å²) in [5.41, 5.74) is 0.932. The predicted molar refractivity (Wildman–Crippen MR) is 129 cm³/mol. The summed E-state index contributed by atoms with van der Waals surface area (Å²) >= 11 is 9.78. The van der Waals surface area contributed by atoms with Gasteiger partial charge in [0.2, 0.25) is 0 Å². The Labute approximate surface area is 203 Å².